The maximum Gasteiger partial charge on any atom is 0.0595 e. The predicted octanol–water partition coefficient (Wildman–Crippen LogP) is 5.18. The molecular formula is C17H17Cl2N. The Labute approximate surface area is 129 Å². The molecule has 3 heteroatoms. The second-order valence-electron chi connectivity index (χ2n) is 5.27. The van der Waals surface area contributed by atoms with Crippen LogP contribution in [0.15, 0.2) is 42.5 Å². The Balaban J connectivity index is 2.05. The lowest BCUT2D eigenvalue weighted by atomic mass is 9.77. The molecule has 104 valence electrons. The normalized spacial score (nSPS) is 21.6. The van der Waals surface area contributed by atoms with Crippen molar-refractivity contribution in [2.75, 3.05) is 7.05 Å². The van der Waals surface area contributed by atoms with Crippen molar-refractivity contribution in [3.63, 3.8) is 0 Å². The van der Waals surface area contributed by atoms with Crippen LogP contribution >= 0.6 is 23.2 Å². The van der Waals surface area contributed by atoms with E-state index in [1.54, 1.807) is 0 Å². The minimum atomic E-state index is 0.408. The summed E-state index contributed by atoms with van der Waals surface area (Å²) in [4.78, 5) is 0. The number of benzene rings is 2. The molecule has 1 aliphatic carbocycles. The zero-order chi connectivity index (χ0) is 14.1. The molecule has 2 aromatic rings. The van der Waals surface area contributed by atoms with E-state index in [-0.39, 0.29) is 0 Å². The van der Waals surface area contributed by atoms with E-state index in [1.807, 2.05) is 19.2 Å². The Morgan fingerprint density at radius 3 is 2.40 bits per heavy atom. The smallest absolute Gasteiger partial charge is 0.0595 e. The molecule has 0 saturated carbocycles. The second-order valence-corrected chi connectivity index (χ2v) is 6.09. The molecule has 20 heavy (non-hydrogen) atoms. The van der Waals surface area contributed by atoms with Crippen molar-refractivity contribution in [2.24, 2.45) is 0 Å². The maximum atomic E-state index is 6.17. The van der Waals surface area contributed by atoms with E-state index in [9.17, 15) is 0 Å². The van der Waals surface area contributed by atoms with Gasteiger partial charge >= 0.3 is 0 Å². The van der Waals surface area contributed by atoms with Crippen molar-refractivity contribution in [3.05, 3.63) is 69.2 Å². The third kappa shape index (κ3) is 2.46. The first kappa shape index (κ1) is 13.9. The fraction of sp³-hybridized carbons (Fsp3) is 0.294. The van der Waals surface area contributed by atoms with Crippen LogP contribution in [0, 0.1) is 0 Å². The number of rotatable bonds is 2. The molecule has 0 saturated heterocycles. The van der Waals surface area contributed by atoms with Gasteiger partial charge in [-0.25, -0.2) is 0 Å². The largest absolute Gasteiger partial charge is 0.313 e. The average molecular weight is 306 g/mol. The van der Waals surface area contributed by atoms with Gasteiger partial charge in [-0.3, -0.25) is 0 Å². The summed E-state index contributed by atoms with van der Waals surface area (Å²) in [6.45, 7) is 0. The highest BCUT2D eigenvalue weighted by atomic mass is 35.5. The molecule has 0 aliphatic heterocycles. The van der Waals surface area contributed by atoms with Crippen LogP contribution in [0.1, 0.15) is 41.5 Å². The van der Waals surface area contributed by atoms with Crippen LogP contribution in [0.4, 0.5) is 0 Å². The number of fused-ring (bicyclic) bond motifs is 1. The molecule has 0 aromatic heterocycles. The predicted molar refractivity (Wildman–Crippen MR) is 85.8 cm³/mol. The Morgan fingerprint density at radius 2 is 1.70 bits per heavy atom. The topological polar surface area (TPSA) is 12.0 Å². The summed E-state index contributed by atoms with van der Waals surface area (Å²) in [7, 11) is 2.03. The lowest BCUT2D eigenvalue weighted by Crippen LogP contribution is -2.24. The van der Waals surface area contributed by atoms with Gasteiger partial charge in [-0.1, -0.05) is 53.5 Å². The first-order valence-electron chi connectivity index (χ1n) is 6.91. The van der Waals surface area contributed by atoms with Crippen molar-refractivity contribution in [3.8, 4) is 0 Å². The van der Waals surface area contributed by atoms with Gasteiger partial charge in [0, 0.05) is 12.0 Å². The number of hydrogen-bond donors (Lipinski definition) is 1. The Hall–Kier alpha value is -1.02. The molecule has 0 bridgehead atoms. The molecule has 0 spiro atoms. The van der Waals surface area contributed by atoms with Crippen LogP contribution < -0.4 is 5.32 Å². The van der Waals surface area contributed by atoms with Crippen molar-refractivity contribution in [1.82, 2.24) is 5.32 Å². The molecule has 0 heterocycles. The zero-order valence-electron chi connectivity index (χ0n) is 11.4. The van der Waals surface area contributed by atoms with Crippen LogP contribution in [0.5, 0.6) is 0 Å². The molecule has 1 aliphatic rings. The third-order valence-corrected chi connectivity index (χ3v) is 4.92. The highest BCUT2D eigenvalue weighted by Crippen LogP contribution is 2.42. The lowest BCUT2D eigenvalue weighted by Gasteiger charge is -2.32. The van der Waals surface area contributed by atoms with Crippen molar-refractivity contribution in [1.29, 1.82) is 0 Å². The summed E-state index contributed by atoms with van der Waals surface area (Å²) >= 11 is 12.2. The van der Waals surface area contributed by atoms with Gasteiger partial charge in [0.1, 0.15) is 0 Å². The second kappa shape index (κ2) is 5.77. The number of halogens is 2. The third-order valence-electron chi connectivity index (χ3n) is 4.19. The van der Waals surface area contributed by atoms with E-state index >= 15 is 0 Å². The van der Waals surface area contributed by atoms with Gasteiger partial charge in [-0.05, 0) is 48.7 Å². The quantitative estimate of drug-likeness (QED) is 0.806. The van der Waals surface area contributed by atoms with E-state index in [1.165, 1.54) is 16.7 Å². The monoisotopic (exact) mass is 305 g/mol. The zero-order valence-corrected chi connectivity index (χ0v) is 12.9. The summed E-state index contributed by atoms with van der Waals surface area (Å²) in [6.07, 6.45) is 2.26. The van der Waals surface area contributed by atoms with E-state index in [0.29, 0.717) is 22.0 Å². The molecule has 1 nitrogen and oxygen atoms in total. The Bertz CT molecular complexity index is 624. The molecule has 2 aromatic carbocycles. The SMILES string of the molecule is CN[C@@H]1CCC(c2ccc(Cl)c(Cl)c2)c2ccccc21. The Kier molecular flexibility index (Phi) is 4.02. The first-order valence-corrected chi connectivity index (χ1v) is 7.67. The molecule has 0 radical (unpaired) electrons. The van der Waals surface area contributed by atoms with Gasteiger partial charge in [0.15, 0.2) is 0 Å². The van der Waals surface area contributed by atoms with Crippen LogP contribution in [0.25, 0.3) is 0 Å². The minimum Gasteiger partial charge on any atom is -0.313 e. The number of nitrogens with one attached hydrogen (secondary N) is 1. The minimum absolute atomic E-state index is 0.408. The first-order chi connectivity index (χ1) is 9.70. The number of hydrogen-bond acceptors (Lipinski definition) is 1. The summed E-state index contributed by atoms with van der Waals surface area (Å²) in [5.74, 6) is 0.408. The fourth-order valence-corrected chi connectivity index (χ4v) is 3.47. The molecule has 1 unspecified atom stereocenters. The van der Waals surface area contributed by atoms with Gasteiger partial charge in [0.2, 0.25) is 0 Å². The van der Waals surface area contributed by atoms with Crippen molar-refractivity contribution >= 4 is 23.2 Å². The Morgan fingerprint density at radius 1 is 0.950 bits per heavy atom. The standard InChI is InChI=1S/C17H17Cl2N/c1-20-17-9-7-12(13-4-2-3-5-14(13)17)11-6-8-15(18)16(19)10-11/h2-6,8,10,12,17,20H,7,9H2,1H3/t12?,17-/m1/s1. The fourth-order valence-electron chi connectivity index (χ4n) is 3.17. The summed E-state index contributed by atoms with van der Waals surface area (Å²) < 4.78 is 0. The van der Waals surface area contributed by atoms with Gasteiger partial charge in [-0.2, -0.15) is 0 Å². The molecule has 0 fully saturated rings. The molecule has 1 N–H and O–H groups in total. The van der Waals surface area contributed by atoms with E-state index in [4.69, 9.17) is 23.2 Å². The van der Waals surface area contributed by atoms with Crippen LogP contribution in [-0.4, -0.2) is 7.05 Å². The van der Waals surface area contributed by atoms with Crippen molar-refractivity contribution in [2.45, 2.75) is 24.8 Å². The molecule has 3 rings (SSSR count). The average Bonchev–Trinajstić information content (AvgIpc) is 2.49. The van der Waals surface area contributed by atoms with E-state index in [0.717, 1.165) is 12.8 Å². The van der Waals surface area contributed by atoms with E-state index < -0.39 is 0 Å². The highest BCUT2D eigenvalue weighted by Gasteiger charge is 2.27. The van der Waals surface area contributed by atoms with Crippen molar-refractivity contribution < 1.29 is 0 Å². The summed E-state index contributed by atoms with van der Waals surface area (Å²) in [5.41, 5.74) is 4.05. The van der Waals surface area contributed by atoms with Crippen LogP contribution in [-0.2, 0) is 0 Å². The van der Waals surface area contributed by atoms with E-state index in [2.05, 4.69) is 35.6 Å². The summed E-state index contributed by atoms with van der Waals surface area (Å²) in [5, 5.41) is 4.66. The molecule has 2 atom stereocenters. The van der Waals surface area contributed by atoms with Crippen LogP contribution in [0.2, 0.25) is 10.0 Å². The maximum absolute atomic E-state index is 6.17. The molecular weight excluding hydrogens is 289 g/mol. The summed E-state index contributed by atoms with van der Waals surface area (Å²) in [6, 6.07) is 15.1. The van der Waals surface area contributed by atoms with Gasteiger partial charge in [0.05, 0.1) is 10.0 Å². The van der Waals surface area contributed by atoms with Gasteiger partial charge in [0.25, 0.3) is 0 Å². The molecule has 0 amide bonds. The van der Waals surface area contributed by atoms with Gasteiger partial charge in [-0.15, -0.1) is 0 Å². The lowest BCUT2D eigenvalue weighted by molar-refractivity contribution is 0.471. The van der Waals surface area contributed by atoms with Gasteiger partial charge < -0.3 is 5.32 Å². The van der Waals surface area contributed by atoms with Crippen LogP contribution in [0.3, 0.4) is 0 Å². The highest BCUT2D eigenvalue weighted by molar-refractivity contribution is 6.42.